The van der Waals surface area contributed by atoms with Gasteiger partial charge in [-0.2, -0.15) is 0 Å². The summed E-state index contributed by atoms with van der Waals surface area (Å²) < 4.78 is 0. The number of carbonyl (C=O) groups is 1. The highest BCUT2D eigenvalue weighted by atomic mass is 16.4. The van der Waals surface area contributed by atoms with Crippen molar-refractivity contribution in [2.75, 3.05) is 6.54 Å². The van der Waals surface area contributed by atoms with Crippen LogP contribution in [0.3, 0.4) is 0 Å². The van der Waals surface area contributed by atoms with Crippen LogP contribution >= 0.6 is 0 Å². The zero-order valence-corrected chi connectivity index (χ0v) is 5.92. The lowest BCUT2D eigenvalue weighted by atomic mass is 10.3. The Balaban J connectivity index is 3.50. The van der Waals surface area contributed by atoms with E-state index >= 15 is 0 Å². The molecule has 0 heterocycles. The fourth-order valence-electron chi connectivity index (χ4n) is 0.360. The van der Waals surface area contributed by atoms with Crippen LogP contribution in [-0.4, -0.2) is 23.8 Å². The molecule has 0 aromatic rings. The molecule has 4 heteroatoms. The van der Waals surface area contributed by atoms with Gasteiger partial charge in [0.2, 0.25) is 0 Å². The molecular formula is C6H12N2O2. The monoisotopic (exact) mass is 144 g/mol. The third-order valence-corrected chi connectivity index (χ3v) is 0.940. The molecule has 0 amide bonds. The third kappa shape index (κ3) is 4.05. The lowest BCUT2D eigenvalue weighted by molar-refractivity contribution is -0.132. The van der Waals surface area contributed by atoms with Crippen LogP contribution in [0.1, 0.15) is 6.92 Å². The van der Waals surface area contributed by atoms with Gasteiger partial charge in [-0.25, -0.2) is 4.79 Å². The predicted octanol–water partition coefficient (Wildman–Crippen LogP) is -0.478. The number of aliphatic carboxylic acids is 1. The summed E-state index contributed by atoms with van der Waals surface area (Å²) in [6.45, 7) is 5.27. The normalized spacial score (nSPS) is 12.6. The van der Waals surface area contributed by atoms with Crippen molar-refractivity contribution in [1.29, 1.82) is 0 Å². The highest BCUT2D eigenvalue weighted by molar-refractivity contribution is 5.86. The van der Waals surface area contributed by atoms with Crippen LogP contribution < -0.4 is 11.1 Å². The van der Waals surface area contributed by atoms with Gasteiger partial charge in [-0.3, -0.25) is 5.32 Å². The summed E-state index contributed by atoms with van der Waals surface area (Å²) in [4.78, 5) is 10.1. The molecule has 0 saturated carbocycles. The molecule has 0 fully saturated rings. The van der Waals surface area contributed by atoms with Crippen molar-refractivity contribution >= 4 is 5.97 Å². The second kappa shape index (κ2) is 4.03. The first-order chi connectivity index (χ1) is 4.54. The largest absolute Gasteiger partial charge is 0.478 e. The Morgan fingerprint density at radius 1 is 1.90 bits per heavy atom. The van der Waals surface area contributed by atoms with Crippen LogP contribution in [0.4, 0.5) is 0 Å². The van der Waals surface area contributed by atoms with Crippen LogP contribution in [0.25, 0.3) is 0 Å². The SMILES string of the molecule is C=C(CNC(C)N)C(=O)O. The van der Waals surface area contributed by atoms with Gasteiger partial charge in [0.1, 0.15) is 0 Å². The Morgan fingerprint density at radius 3 is 2.70 bits per heavy atom. The molecule has 4 N–H and O–H groups in total. The molecule has 0 saturated heterocycles. The van der Waals surface area contributed by atoms with E-state index in [1.807, 2.05) is 0 Å². The molecule has 0 aliphatic carbocycles. The summed E-state index contributed by atoms with van der Waals surface area (Å²) in [5.41, 5.74) is 5.42. The molecule has 10 heavy (non-hydrogen) atoms. The molecule has 58 valence electrons. The molecule has 0 aliphatic heterocycles. The van der Waals surface area contributed by atoms with Crippen molar-refractivity contribution < 1.29 is 9.90 Å². The molecular weight excluding hydrogens is 132 g/mol. The summed E-state index contributed by atoms with van der Waals surface area (Å²) in [6, 6.07) is 0. The van der Waals surface area contributed by atoms with Crippen LogP contribution in [0.2, 0.25) is 0 Å². The molecule has 0 aromatic carbocycles. The minimum absolute atomic E-state index is 0.123. The van der Waals surface area contributed by atoms with Crippen molar-refractivity contribution in [3.05, 3.63) is 12.2 Å². The molecule has 0 aromatic heterocycles. The Kier molecular flexibility index (Phi) is 3.68. The van der Waals surface area contributed by atoms with Gasteiger partial charge in [-0.15, -0.1) is 0 Å². The fraction of sp³-hybridized carbons (Fsp3) is 0.500. The number of hydrogen-bond donors (Lipinski definition) is 3. The summed E-state index contributed by atoms with van der Waals surface area (Å²) in [7, 11) is 0. The Labute approximate surface area is 59.7 Å². The lowest BCUT2D eigenvalue weighted by Gasteiger charge is -2.06. The highest BCUT2D eigenvalue weighted by Gasteiger charge is 2.02. The summed E-state index contributed by atoms with van der Waals surface area (Å²) in [5.74, 6) is -0.992. The number of carboxylic acid groups (broad SMARTS) is 1. The van der Waals surface area contributed by atoms with Crippen LogP contribution in [-0.2, 0) is 4.79 Å². The van der Waals surface area contributed by atoms with Crippen molar-refractivity contribution in [3.63, 3.8) is 0 Å². The van der Waals surface area contributed by atoms with Crippen LogP contribution in [0, 0.1) is 0 Å². The second-order valence-electron chi connectivity index (χ2n) is 2.08. The molecule has 1 atom stereocenters. The summed E-state index contributed by atoms with van der Waals surface area (Å²) >= 11 is 0. The average molecular weight is 144 g/mol. The third-order valence-electron chi connectivity index (χ3n) is 0.940. The minimum Gasteiger partial charge on any atom is -0.478 e. The van der Waals surface area contributed by atoms with Gasteiger partial charge in [-0.1, -0.05) is 6.58 Å². The first-order valence-electron chi connectivity index (χ1n) is 2.94. The molecule has 4 nitrogen and oxygen atoms in total. The van der Waals surface area contributed by atoms with E-state index in [1.165, 1.54) is 0 Å². The van der Waals surface area contributed by atoms with Crippen LogP contribution in [0.5, 0.6) is 0 Å². The van der Waals surface area contributed by atoms with Crippen molar-refractivity contribution in [2.45, 2.75) is 13.1 Å². The van der Waals surface area contributed by atoms with Crippen molar-refractivity contribution in [3.8, 4) is 0 Å². The van der Waals surface area contributed by atoms with Gasteiger partial charge >= 0.3 is 5.97 Å². The number of nitrogens with two attached hydrogens (primary N) is 1. The first-order valence-corrected chi connectivity index (χ1v) is 2.94. The second-order valence-corrected chi connectivity index (χ2v) is 2.08. The van der Waals surface area contributed by atoms with E-state index in [-0.39, 0.29) is 18.3 Å². The zero-order valence-electron chi connectivity index (χ0n) is 5.92. The van der Waals surface area contributed by atoms with Gasteiger partial charge < -0.3 is 10.8 Å². The molecule has 0 bridgehead atoms. The number of hydrogen-bond acceptors (Lipinski definition) is 3. The van der Waals surface area contributed by atoms with E-state index in [0.29, 0.717) is 0 Å². The fourth-order valence-corrected chi connectivity index (χ4v) is 0.360. The van der Waals surface area contributed by atoms with E-state index in [4.69, 9.17) is 10.8 Å². The topological polar surface area (TPSA) is 75.3 Å². The van der Waals surface area contributed by atoms with E-state index in [0.717, 1.165) is 0 Å². The zero-order chi connectivity index (χ0) is 8.15. The van der Waals surface area contributed by atoms with Gasteiger partial charge in [0.25, 0.3) is 0 Å². The van der Waals surface area contributed by atoms with Crippen molar-refractivity contribution in [2.24, 2.45) is 5.73 Å². The maximum Gasteiger partial charge on any atom is 0.332 e. The van der Waals surface area contributed by atoms with Gasteiger partial charge in [0.05, 0.1) is 6.17 Å². The molecule has 0 spiro atoms. The van der Waals surface area contributed by atoms with E-state index in [1.54, 1.807) is 6.92 Å². The van der Waals surface area contributed by atoms with Gasteiger partial charge in [0, 0.05) is 12.1 Å². The number of rotatable bonds is 4. The maximum atomic E-state index is 10.1. The average Bonchev–Trinajstić information content (AvgIpc) is 1.82. The maximum absolute atomic E-state index is 10.1. The quantitative estimate of drug-likeness (QED) is 0.368. The smallest absolute Gasteiger partial charge is 0.332 e. The summed E-state index contributed by atoms with van der Waals surface area (Å²) in [5, 5.41) is 11.0. The van der Waals surface area contributed by atoms with E-state index in [9.17, 15) is 4.79 Å². The number of nitrogens with one attached hydrogen (secondary N) is 1. The molecule has 0 aliphatic rings. The molecule has 0 radical (unpaired) electrons. The van der Waals surface area contributed by atoms with Gasteiger partial charge in [0.15, 0.2) is 0 Å². The predicted molar refractivity (Wildman–Crippen MR) is 38.4 cm³/mol. The minimum atomic E-state index is -0.992. The van der Waals surface area contributed by atoms with E-state index in [2.05, 4.69) is 11.9 Å². The number of carboxylic acids is 1. The van der Waals surface area contributed by atoms with Gasteiger partial charge in [-0.05, 0) is 6.92 Å². The Hall–Kier alpha value is -0.870. The Bertz CT molecular complexity index is 143. The van der Waals surface area contributed by atoms with Crippen LogP contribution in [0.15, 0.2) is 12.2 Å². The van der Waals surface area contributed by atoms with E-state index < -0.39 is 5.97 Å². The molecule has 1 unspecified atom stereocenters. The molecule has 0 rings (SSSR count). The summed E-state index contributed by atoms with van der Waals surface area (Å²) in [6.07, 6.45) is -0.198. The van der Waals surface area contributed by atoms with Crippen molar-refractivity contribution in [1.82, 2.24) is 5.32 Å². The first kappa shape index (κ1) is 9.13. The lowest BCUT2D eigenvalue weighted by Crippen LogP contribution is -2.36. The highest BCUT2D eigenvalue weighted by Crippen LogP contribution is 1.85. The standard InChI is InChI=1S/C6H12N2O2/c1-4(6(9)10)3-8-5(2)7/h5,8H,1,3,7H2,2H3,(H,9,10). The Morgan fingerprint density at radius 2 is 2.40 bits per heavy atom.